The van der Waals surface area contributed by atoms with E-state index in [0.29, 0.717) is 6.04 Å². The Morgan fingerprint density at radius 2 is 2.13 bits per heavy atom. The number of hydrogen-bond donors (Lipinski definition) is 2. The second-order valence-corrected chi connectivity index (χ2v) is 4.69. The van der Waals surface area contributed by atoms with Gasteiger partial charge in [0, 0.05) is 10.5 Å². The molecule has 15 heavy (non-hydrogen) atoms. The molecule has 0 aliphatic heterocycles. The van der Waals surface area contributed by atoms with Crippen LogP contribution in [0.5, 0.6) is 0 Å². The first-order valence-corrected chi connectivity index (χ1v) is 6.28. The number of hydrogen-bond acceptors (Lipinski definition) is 2. The molecule has 3 heteroatoms. The smallest absolute Gasteiger partial charge is 0.0576 e. The van der Waals surface area contributed by atoms with E-state index in [-0.39, 0.29) is 0 Å². The Morgan fingerprint density at radius 1 is 1.40 bits per heavy atom. The lowest BCUT2D eigenvalue weighted by atomic mass is 10.1. The molecule has 0 aromatic heterocycles. The van der Waals surface area contributed by atoms with Gasteiger partial charge in [0.1, 0.15) is 0 Å². The van der Waals surface area contributed by atoms with E-state index in [4.69, 9.17) is 5.73 Å². The van der Waals surface area contributed by atoms with Crippen LogP contribution in [0.3, 0.4) is 0 Å². The van der Waals surface area contributed by atoms with E-state index >= 15 is 0 Å². The molecule has 0 saturated carbocycles. The van der Waals surface area contributed by atoms with Crippen LogP contribution in [-0.4, -0.2) is 6.04 Å². The molecule has 0 aliphatic carbocycles. The van der Waals surface area contributed by atoms with Crippen LogP contribution in [0.25, 0.3) is 0 Å². The number of nitrogen functional groups attached to an aromatic ring is 1. The van der Waals surface area contributed by atoms with Gasteiger partial charge in [-0.05, 0) is 31.0 Å². The fourth-order valence-corrected chi connectivity index (χ4v) is 1.99. The average molecular weight is 271 g/mol. The second kappa shape index (κ2) is 6.01. The predicted molar refractivity (Wildman–Crippen MR) is 71.2 cm³/mol. The number of nitrogens with one attached hydrogen (secondary N) is 1. The minimum atomic E-state index is 0.526. The molecule has 2 nitrogen and oxygen atoms in total. The number of halogens is 1. The standard InChI is InChI=1S/C12H19BrN2/c1-3-5-10(4-2)15-12-7-6-9(13)8-11(12)14/h6-8,10,15H,3-5,14H2,1-2H3. The van der Waals surface area contributed by atoms with Gasteiger partial charge in [-0.3, -0.25) is 0 Å². The molecule has 0 bridgehead atoms. The topological polar surface area (TPSA) is 38.0 Å². The van der Waals surface area contributed by atoms with Gasteiger partial charge in [-0.25, -0.2) is 0 Å². The Kier molecular flexibility index (Phi) is 4.95. The monoisotopic (exact) mass is 270 g/mol. The highest BCUT2D eigenvalue weighted by molar-refractivity contribution is 9.10. The fraction of sp³-hybridized carbons (Fsp3) is 0.500. The summed E-state index contributed by atoms with van der Waals surface area (Å²) in [6, 6.07) is 6.49. The maximum absolute atomic E-state index is 5.93. The summed E-state index contributed by atoms with van der Waals surface area (Å²) in [6.45, 7) is 4.40. The highest BCUT2D eigenvalue weighted by Crippen LogP contribution is 2.24. The Hall–Kier alpha value is -0.700. The van der Waals surface area contributed by atoms with E-state index in [1.807, 2.05) is 18.2 Å². The van der Waals surface area contributed by atoms with Crippen LogP contribution in [0.4, 0.5) is 11.4 Å². The van der Waals surface area contributed by atoms with E-state index in [9.17, 15) is 0 Å². The van der Waals surface area contributed by atoms with E-state index in [1.54, 1.807) is 0 Å². The minimum Gasteiger partial charge on any atom is -0.397 e. The quantitative estimate of drug-likeness (QED) is 0.794. The first-order valence-electron chi connectivity index (χ1n) is 5.49. The predicted octanol–water partition coefficient (Wildman–Crippen LogP) is 4.02. The largest absolute Gasteiger partial charge is 0.397 e. The normalized spacial score (nSPS) is 12.5. The van der Waals surface area contributed by atoms with Gasteiger partial charge in [-0.1, -0.05) is 36.2 Å². The summed E-state index contributed by atoms with van der Waals surface area (Å²) >= 11 is 3.40. The molecule has 1 aromatic carbocycles. The van der Waals surface area contributed by atoms with Gasteiger partial charge in [-0.2, -0.15) is 0 Å². The number of rotatable bonds is 5. The molecule has 3 N–H and O–H groups in total. The highest BCUT2D eigenvalue weighted by atomic mass is 79.9. The van der Waals surface area contributed by atoms with Crippen LogP contribution in [-0.2, 0) is 0 Å². The molecule has 0 fully saturated rings. The Labute approximate surface area is 100 Å². The van der Waals surface area contributed by atoms with Crippen molar-refractivity contribution in [1.82, 2.24) is 0 Å². The van der Waals surface area contributed by atoms with Crippen molar-refractivity contribution in [2.75, 3.05) is 11.1 Å². The van der Waals surface area contributed by atoms with Crippen LogP contribution in [0.2, 0.25) is 0 Å². The molecule has 1 atom stereocenters. The van der Waals surface area contributed by atoms with Crippen molar-refractivity contribution >= 4 is 27.3 Å². The first kappa shape index (κ1) is 12.4. The van der Waals surface area contributed by atoms with Crippen LogP contribution >= 0.6 is 15.9 Å². The van der Waals surface area contributed by atoms with Crippen molar-refractivity contribution in [2.24, 2.45) is 0 Å². The molecule has 0 aliphatic rings. The van der Waals surface area contributed by atoms with Gasteiger partial charge < -0.3 is 11.1 Å². The van der Waals surface area contributed by atoms with Crippen molar-refractivity contribution < 1.29 is 0 Å². The molecule has 84 valence electrons. The van der Waals surface area contributed by atoms with Gasteiger partial charge >= 0.3 is 0 Å². The SMILES string of the molecule is CCCC(CC)Nc1ccc(Br)cc1N. The van der Waals surface area contributed by atoms with Gasteiger partial charge in [0.25, 0.3) is 0 Å². The zero-order valence-electron chi connectivity index (χ0n) is 9.39. The van der Waals surface area contributed by atoms with Crippen LogP contribution in [0.1, 0.15) is 33.1 Å². The Balaban J connectivity index is 2.70. The van der Waals surface area contributed by atoms with Crippen LogP contribution in [0.15, 0.2) is 22.7 Å². The summed E-state index contributed by atoms with van der Waals surface area (Å²) in [5.74, 6) is 0. The third-order valence-corrected chi connectivity index (χ3v) is 3.00. The van der Waals surface area contributed by atoms with Crippen LogP contribution in [0, 0.1) is 0 Å². The Morgan fingerprint density at radius 3 is 2.67 bits per heavy atom. The van der Waals surface area contributed by atoms with E-state index < -0.39 is 0 Å². The zero-order valence-corrected chi connectivity index (χ0v) is 11.0. The maximum Gasteiger partial charge on any atom is 0.0576 e. The zero-order chi connectivity index (χ0) is 11.3. The molecule has 1 rings (SSSR count). The summed E-state index contributed by atoms with van der Waals surface area (Å²) in [5.41, 5.74) is 7.77. The molecule has 0 saturated heterocycles. The summed E-state index contributed by atoms with van der Waals surface area (Å²) in [7, 11) is 0. The average Bonchev–Trinajstić information content (AvgIpc) is 2.21. The van der Waals surface area contributed by atoms with Crippen molar-refractivity contribution in [3.05, 3.63) is 22.7 Å². The van der Waals surface area contributed by atoms with Crippen molar-refractivity contribution in [2.45, 2.75) is 39.2 Å². The summed E-state index contributed by atoms with van der Waals surface area (Å²) < 4.78 is 1.02. The van der Waals surface area contributed by atoms with E-state index in [2.05, 4.69) is 35.1 Å². The van der Waals surface area contributed by atoms with Gasteiger partial charge in [0.2, 0.25) is 0 Å². The lowest BCUT2D eigenvalue weighted by Crippen LogP contribution is -2.18. The van der Waals surface area contributed by atoms with E-state index in [0.717, 1.165) is 22.3 Å². The molecular weight excluding hydrogens is 252 g/mol. The van der Waals surface area contributed by atoms with Crippen molar-refractivity contribution in [1.29, 1.82) is 0 Å². The van der Waals surface area contributed by atoms with E-state index in [1.165, 1.54) is 12.8 Å². The highest BCUT2D eigenvalue weighted by Gasteiger charge is 2.06. The molecule has 0 radical (unpaired) electrons. The number of anilines is 2. The molecule has 1 unspecified atom stereocenters. The van der Waals surface area contributed by atoms with Gasteiger partial charge in [0.15, 0.2) is 0 Å². The third-order valence-electron chi connectivity index (χ3n) is 2.50. The second-order valence-electron chi connectivity index (χ2n) is 3.77. The lowest BCUT2D eigenvalue weighted by Gasteiger charge is -2.18. The van der Waals surface area contributed by atoms with Crippen molar-refractivity contribution in [3.8, 4) is 0 Å². The molecule has 0 amide bonds. The fourth-order valence-electron chi connectivity index (χ4n) is 1.61. The third kappa shape index (κ3) is 3.74. The molecular formula is C12H19BrN2. The summed E-state index contributed by atoms with van der Waals surface area (Å²) in [5, 5.41) is 3.48. The van der Waals surface area contributed by atoms with Crippen LogP contribution < -0.4 is 11.1 Å². The van der Waals surface area contributed by atoms with Crippen molar-refractivity contribution in [3.63, 3.8) is 0 Å². The first-order chi connectivity index (χ1) is 7.17. The number of benzene rings is 1. The molecule has 0 heterocycles. The summed E-state index contributed by atoms with van der Waals surface area (Å²) in [4.78, 5) is 0. The van der Waals surface area contributed by atoms with Gasteiger partial charge in [-0.15, -0.1) is 0 Å². The Bertz CT molecular complexity index is 312. The maximum atomic E-state index is 5.93. The summed E-state index contributed by atoms with van der Waals surface area (Å²) in [6.07, 6.45) is 3.51. The lowest BCUT2D eigenvalue weighted by molar-refractivity contribution is 0.623. The van der Waals surface area contributed by atoms with Gasteiger partial charge in [0.05, 0.1) is 11.4 Å². The molecule has 1 aromatic rings. The minimum absolute atomic E-state index is 0.526. The molecule has 0 spiro atoms. The number of nitrogens with two attached hydrogens (primary N) is 1.